The van der Waals surface area contributed by atoms with Crippen molar-refractivity contribution in [1.29, 1.82) is 0 Å². The summed E-state index contributed by atoms with van der Waals surface area (Å²) < 4.78 is 7.41. The quantitative estimate of drug-likeness (QED) is 0.843. The van der Waals surface area contributed by atoms with Gasteiger partial charge in [0, 0.05) is 31.8 Å². The van der Waals surface area contributed by atoms with E-state index < -0.39 is 6.10 Å². The van der Waals surface area contributed by atoms with E-state index in [0.717, 1.165) is 30.1 Å². The second-order valence-corrected chi connectivity index (χ2v) is 4.91. The number of para-hydroxylation sites is 1. The highest BCUT2D eigenvalue weighted by Gasteiger charge is 2.13. The van der Waals surface area contributed by atoms with Gasteiger partial charge in [-0.3, -0.25) is 0 Å². The summed E-state index contributed by atoms with van der Waals surface area (Å²) in [5.41, 5.74) is 1.02. The number of imidazole rings is 1. The summed E-state index contributed by atoms with van der Waals surface area (Å²) in [5.74, 6) is 1.76. The highest BCUT2D eigenvalue weighted by molar-refractivity contribution is 5.33. The van der Waals surface area contributed by atoms with Gasteiger partial charge in [-0.15, -0.1) is 0 Å². The molecule has 4 nitrogen and oxygen atoms in total. The van der Waals surface area contributed by atoms with E-state index in [4.69, 9.17) is 4.74 Å². The van der Waals surface area contributed by atoms with Crippen LogP contribution < -0.4 is 4.74 Å². The predicted octanol–water partition coefficient (Wildman–Crippen LogP) is 2.45. The first-order chi connectivity index (χ1) is 9.74. The zero-order valence-corrected chi connectivity index (χ0v) is 12.1. The van der Waals surface area contributed by atoms with Crippen molar-refractivity contribution in [2.24, 2.45) is 0 Å². The molecule has 1 aromatic carbocycles. The van der Waals surface area contributed by atoms with E-state index in [1.807, 2.05) is 30.5 Å². The van der Waals surface area contributed by atoms with Crippen LogP contribution in [0.3, 0.4) is 0 Å². The Hall–Kier alpha value is -1.81. The molecular weight excluding hydrogens is 252 g/mol. The van der Waals surface area contributed by atoms with Crippen molar-refractivity contribution in [3.8, 4) is 5.75 Å². The fraction of sp³-hybridized carbons (Fsp3) is 0.438. The van der Waals surface area contributed by atoms with Gasteiger partial charge in [0.05, 0.1) is 13.2 Å². The molecule has 108 valence electrons. The molecule has 0 aliphatic rings. The Morgan fingerprint density at radius 2 is 2.10 bits per heavy atom. The molecular formula is C16H22N2O2. The lowest BCUT2D eigenvalue weighted by Gasteiger charge is -2.14. The minimum Gasteiger partial charge on any atom is -0.496 e. The van der Waals surface area contributed by atoms with Gasteiger partial charge in [-0.1, -0.05) is 25.1 Å². The number of hydrogen-bond acceptors (Lipinski definition) is 3. The number of methoxy groups -OCH3 is 1. The molecule has 0 aliphatic carbocycles. The van der Waals surface area contributed by atoms with Crippen LogP contribution in [0.25, 0.3) is 0 Å². The van der Waals surface area contributed by atoms with E-state index in [9.17, 15) is 5.11 Å². The highest BCUT2D eigenvalue weighted by atomic mass is 16.5. The second kappa shape index (κ2) is 7.10. The van der Waals surface area contributed by atoms with Crippen LogP contribution in [-0.4, -0.2) is 27.9 Å². The van der Waals surface area contributed by atoms with Crippen LogP contribution in [0.15, 0.2) is 36.7 Å². The standard InChI is InChI=1S/C16H22N2O2/c1-3-9-18-10-8-17-16(18)12-14(19)11-13-6-4-5-7-15(13)20-2/h4-8,10,14,19H,3,9,11-12H2,1-2H3. The number of aliphatic hydroxyl groups excluding tert-OH is 1. The van der Waals surface area contributed by atoms with Crippen molar-refractivity contribution < 1.29 is 9.84 Å². The Balaban J connectivity index is 2.01. The minimum absolute atomic E-state index is 0.454. The molecule has 2 rings (SSSR count). The Morgan fingerprint density at radius 1 is 1.30 bits per heavy atom. The molecule has 1 atom stereocenters. The molecule has 1 unspecified atom stereocenters. The smallest absolute Gasteiger partial charge is 0.122 e. The maximum atomic E-state index is 10.3. The largest absolute Gasteiger partial charge is 0.496 e. The fourth-order valence-electron chi connectivity index (χ4n) is 2.38. The molecule has 1 heterocycles. The number of hydrogen-bond donors (Lipinski definition) is 1. The molecule has 0 saturated heterocycles. The van der Waals surface area contributed by atoms with Crippen LogP contribution in [0.4, 0.5) is 0 Å². The van der Waals surface area contributed by atoms with Crippen LogP contribution in [0.1, 0.15) is 24.7 Å². The number of nitrogens with zero attached hydrogens (tertiary/aromatic N) is 2. The van der Waals surface area contributed by atoms with Crippen LogP contribution in [0.5, 0.6) is 5.75 Å². The van der Waals surface area contributed by atoms with Crippen molar-refractivity contribution in [1.82, 2.24) is 9.55 Å². The van der Waals surface area contributed by atoms with Crippen LogP contribution >= 0.6 is 0 Å². The number of aromatic nitrogens is 2. The highest BCUT2D eigenvalue weighted by Crippen LogP contribution is 2.19. The summed E-state index contributed by atoms with van der Waals surface area (Å²) in [5, 5.41) is 10.3. The molecule has 0 amide bonds. The molecule has 0 fully saturated rings. The van der Waals surface area contributed by atoms with Crippen molar-refractivity contribution >= 4 is 0 Å². The monoisotopic (exact) mass is 274 g/mol. The Bertz CT molecular complexity index is 537. The Labute approximate surface area is 120 Å². The summed E-state index contributed by atoms with van der Waals surface area (Å²) in [6, 6.07) is 7.80. The van der Waals surface area contributed by atoms with Crippen molar-refractivity contribution in [3.05, 3.63) is 48.0 Å². The van der Waals surface area contributed by atoms with Gasteiger partial charge in [0.15, 0.2) is 0 Å². The number of ether oxygens (including phenoxy) is 1. The Morgan fingerprint density at radius 3 is 2.85 bits per heavy atom. The van der Waals surface area contributed by atoms with Crippen molar-refractivity contribution in [3.63, 3.8) is 0 Å². The van der Waals surface area contributed by atoms with Gasteiger partial charge >= 0.3 is 0 Å². The lowest BCUT2D eigenvalue weighted by atomic mass is 10.0. The molecule has 2 aromatic rings. The molecule has 0 aliphatic heterocycles. The van der Waals surface area contributed by atoms with Gasteiger partial charge in [-0.25, -0.2) is 4.98 Å². The first-order valence-corrected chi connectivity index (χ1v) is 7.04. The van der Waals surface area contributed by atoms with E-state index >= 15 is 0 Å². The molecule has 0 spiro atoms. The number of aliphatic hydroxyl groups is 1. The summed E-state index contributed by atoms with van der Waals surface area (Å²) in [4.78, 5) is 4.33. The van der Waals surface area contributed by atoms with Crippen LogP contribution in [-0.2, 0) is 19.4 Å². The maximum Gasteiger partial charge on any atom is 0.122 e. The maximum absolute atomic E-state index is 10.3. The molecule has 4 heteroatoms. The van der Waals surface area contributed by atoms with E-state index in [-0.39, 0.29) is 0 Å². The summed E-state index contributed by atoms with van der Waals surface area (Å²) in [6.45, 7) is 3.08. The number of benzene rings is 1. The van der Waals surface area contributed by atoms with Crippen LogP contribution in [0, 0.1) is 0 Å². The summed E-state index contributed by atoms with van der Waals surface area (Å²) in [6.07, 6.45) is 5.50. The molecule has 20 heavy (non-hydrogen) atoms. The molecule has 1 N–H and O–H groups in total. The number of aryl methyl sites for hydroxylation is 1. The van der Waals surface area contributed by atoms with E-state index in [0.29, 0.717) is 12.8 Å². The minimum atomic E-state index is -0.454. The lowest BCUT2D eigenvalue weighted by molar-refractivity contribution is 0.170. The first-order valence-electron chi connectivity index (χ1n) is 7.04. The summed E-state index contributed by atoms with van der Waals surface area (Å²) >= 11 is 0. The third-order valence-corrected chi connectivity index (χ3v) is 3.33. The van der Waals surface area contributed by atoms with Gasteiger partial charge in [0.25, 0.3) is 0 Å². The van der Waals surface area contributed by atoms with Gasteiger partial charge < -0.3 is 14.4 Å². The van der Waals surface area contributed by atoms with Gasteiger partial charge in [-0.2, -0.15) is 0 Å². The molecule has 0 saturated carbocycles. The molecule has 0 radical (unpaired) electrons. The zero-order chi connectivity index (χ0) is 14.4. The zero-order valence-electron chi connectivity index (χ0n) is 12.1. The van der Waals surface area contributed by atoms with Crippen LogP contribution in [0.2, 0.25) is 0 Å². The topological polar surface area (TPSA) is 47.3 Å². The predicted molar refractivity (Wildman–Crippen MR) is 78.9 cm³/mol. The van der Waals surface area contributed by atoms with Gasteiger partial charge in [0.1, 0.15) is 11.6 Å². The normalized spacial score (nSPS) is 12.3. The average molecular weight is 274 g/mol. The van der Waals surface area contributed by atoms with Gasteiger partial charge in [0.2, 0.25) is 0 Å². The van der Waals surface area contributed by atoms with E-state index in [1.165, 1.54) is 0 Å². The third kappa shape index (κ3) is 3.61. The second-order valence-electron chi connectivity index (χ2n) is 4.91. The molecule has 1 aromatic heterocycles. The fourth-order valence-corrected chi connectivity index (χ4v) is 2.38. The molecule has 0 bridgehead atoms. The first kappa shape index (κ1) is 14.6. The van der Waals surface area contributed by atoms with Crippen molar-refractivity contribution in [2.75, 3.05) is 7.11 Å². The third-order valence-electron chi connectivity index (χ3n) is 3.33. The van der Waals surface area contributed by atoms with E-state index in [1.54, 1.807) is 13.3 Å². The van der Waals surface area contributed by atoms with E-state index in [2.05, 4.69) is 16.5 Å². The SMILES string of the molecule is CCCn1ccnc1CC(O)Cc1ccccc1OC. The lowest BCUT2D eigenvalue weighted by Crippen LogP contribution is -2.17. The Kier molecular flexibility index (Phi) is 5.18. The average Bonchev–Trinajstić information content (AvgIpc) is 2.87. The van der Waals surface area contributed by atoms with Crippen molar-refractivity contribution in [2.45, 2.75) is 38.8 Å². The van der Waals surface area contributed by atoms with Gasteiger partial charge in [-0.05, 0) is 18.1 Å². The summed E-state index contributed by atoms with van der Waals surface area (Å²) in [7, 11) is 1.65. The number of rotatable bonds is 7.